The molecule has 56 heavy (non-hydrogen) atoms. The average molecular weight is 729 g/mol. The van der Waals surface area contributed by atoms with E-state index in [1.165, 1.54) is 75.8 Å². The smallest absolute Gasteiger partial charge is 0.160 e. The van der Waals surface area contributed by atoms with Gasteiger partial charge < -0.3 is 0 Å². The summed E-state index contributed by atoms with van der Waals surface area (Å²) in [6.45, 7) is 0. The zero-order valence-corrected chi connectivity index (χ0v) is 31.1. The molecule has 0 unspecified atom stereocenters. The minimum atomic E-state index is -0.487. The van der Waals surface area contributed by atoms with Crippen LogP contribution in [0.3, 0.4) is 0 Å². The average Bonchev–Trinajstić information content (AvgIpc) is 3.57. The lowest BCUT2D eigenvalue weighted by molar-refractivity contribution is 0.729. The summed E-state index contributed by atoms with van der Waals surface area (Å²) in [6, 6.07) is 70.9. The highest BCUT2D eigenvalue weighted by molar-refractivity contribution is 8.00. The monoisotopic (exact) mass is 728 g/mol. The van der Waals surface area contributed by atoms with E-state index in [1.807, 2.05) is 36.0 Å². The van der Waals surface area contributed by atoms with Gasteiger partial charge in [0.2, 0.25) is 0 Å². The second-order valence-corrected chi connectivity index (χ2v) is 15.8. The summed E-state index contributed by atoms with van der Waals surface area (Å²) < 4.78 is 0. The van der Waals surface area contributed by atoms with E-state index >= 15 is 0 Å². The van der Waals surface area contributed by atoms with Crippen molar-refractivity contribution in [2.45, 2.75) is 15.2 Å². The number of fused-ring (bicyclic) bond motifs is 14. The first-order valence-corrected chi connectivity index (χ1v) is 20.0. The van der Waals surface area contributed by atoms with Gasteiger partial charge in [-0.25, -0.2) is 9.97 Å². The summed E-state index contributed by atoms with van der Waals surface area (Å²) in [5.41, 5.74) is 13.9. The van der Waals surface area contributed by atoms with Gasteiger partial charge in [-0.15, -0.1) is 0 Å². The maximum Gasteiger partial charge on any atom is 0.160 e. The molecule has 0 fully saturated rings. The van der Waals surface area contributed by atoms with Gasteiger partial charge in [0.15, 0.2) is 5.82 Å². The van der Waals surface area contributed by atoms with Crippen LogP contribution in [0.15, 0.2) is 204 Å². The van der Waals surface area contributed by atoms with E-state index < -0.39 is 5.41 Å². The molecule has 2 nitrogen and oxygen atoms in total. The van der Waals surface area contributed by atoms with Gasteiger partial charge in [0, 0.05) is 26.3 Å². The molecular weight excluding hydrogens is 697 g/mol. The van der Waals surface area contributed by atoms with E-state index in [-0.39, 0.29) is 0 Å². The van der Waals surface area contributed by atoms with Crippen LogP contribution in [-0.4, -0.2) is 9.97 Å². The van der Waals surface area contributed by atoms with Gasteiger partial charge in [0.25, 0.3) is 0 Å². The number of para-hydroxylation sites is 1. The summed E-state index contributed by atoms with van der Waals surface area (Å²) in [6.07, 6.45) is 0. The molecule has 1 aliphatic heterocycles. The van der Waals surface area contributed by atoms with Crippen LogP contribution in [0, 0.1) is 0 Å². The highest BCUT2D eigenvalue weighted by Gasteiger charge is 2.51. The van der Waals surface area contributed by atoms with Crippen LogP contribution in [0.1, 0.15) is 22.3 Å². The van der Waals surface area contributed by atoms with E-state index in [9.17, 15) is 0 Å². The molecule has 0 amide bonds. The molecule has 0 N–H and O–H groups in total. The molecule has 0 saturated heterocycles. The third-order valence-corrected chi connectivity index (χ3v) is 13.2. The van der Waals surface area contributed by atoms with Crippen molar-refractivity contribution >= 4 is 44.2 Å². The first-order chi connectivity index (χ1) is 27.8. The van der Waals surface area contributed by atoms with Gasteiger partial charge in [-0.2, -0.15) is 0 Å². The molecule has 1 spiro atoms. The lowest BCUT2D eigenvalue weighted by Gasteiger charge is -2.40. The van der Waals surface area contributed by atoms with Crippen molar-refractivity contribution in [3.63, 3.8) is 0 Å². The molecular formula is C53H32N2S. The molecule has 0 saturated carbocycles. The van der Waals surface area contributed by atoms with Gasteiger partial charge in [-0.05, 0) is 72.1 Å². The van der Waals surface area contributed by atoms with Crippen molar-refractivity contribution in [1.82, 2.24) is 9.97 Å². The van der Waals surface area contributed by atoms with E-state index in [4.69, 9.17) is 9.97 Å². The van der Waals surface area contributed by atoms with Crippen LogP contribution in [-0.2, 0) is 5.41 Å². The molecule has 1 aromatic heterocycles. The Morgan fingerprint density at radius 2 is 0.929 bits per heavy atom. The summed E-state index contributed by atoms with van der Waals surface area (Å²) in [5.74, 6) is 0.734. The summed E-state index contributed by atoms with van der Waals surface area (Å²) in [4.78, 5) is 12.8. The van der Waals surface area contributed by atoms with E-state index in [2.05, 4.69) is 170 Å². The third-order valence-electron chi connectivity index (χ3n) is 11.9. The molecule has 0 radical (unpaired) electrons. The lowest BCUT2D eigenvalue weighted by Crippen LogP contribution is -2.32. The second-order valence-electron chi connectivity index (χ2n) is 14.8. The SMILES string of the molecule is c1ccc(-c2nc(-c3ccc(-c4cccc5c4-c4ccccc4C54c5ccc6ccccc6c5Sc5c4ccc4ccccc54)cc3)c3ccccc3n2)cc1. The standard InChI is InChI=1S/C53H32N2S/c1-2-15-37(16-3-1)52-54-47-24-11-9-20-42(47)49(55-52)36-27-25-35(26-28-36)38-21-12-23-44-48(38)41-19-8-10-22-43(41)53(44)45-31-29-33-13-4-6-17-39(33)50(45)56-51-40-18-7-5-14-34(40)30-32-46(51)53/h1-32H. The molecule has 0 atom stereocenters. The van der Waals surface area contributed by atoms with Crippen molar-refractivity contribution in [1.29, 1.82) is 0 Å². The Kier molecular flexibility index (Phi) is 6.81. The first-order valence-electron chi connectivity index (χ1n) is 19.2. The lowest BCUT2D eigenvalue weighted by atomic mass is 9.66. The van der Waals surface area contributed by atoms with Gasteiger partial charge in [-0.1, -0.05) is 200 Å². The quantitative estimate of drug-likeness (QED) is 0.181. The summed E-state index contributed by atoms with van der Waals surface area (Å²) in [7, 11) is 0. The molecule has 9 aromatic carbocycles. The first kappa shape index (κ1) is 31.5. The molecule has 12 rings (SSSR count). The van der Waals surface area contributed by atoms with Crippen molar-refractivity contribution in [2.24, 2.45) is 0 Å². The molecule has 2 aliphatic rings. The van der Waals surface area contributed by atoms with Gasteiger partial charge in [0.1, 0.15) is 0 Å². The van der Waals surface area contributed by atoms with Crippen LogP contribution >= 0.6 is 11.8 Å². The Hall–Kier alpha value is -6.81. The Morgan fingerprint density at radius 3 is 1.66 bits per heavy atom. The largest absolute Gasteiger partial charge is 0.228 e. The zero-order chi connectivity index (χ0) is 36.8. The van der Waals surface area contributed by atoms with Crippen LogP contribution in [0.2, 0.25) is 0 Å². The Morgan fingerprint density at radius 1 is 0.357 bits per heavy atom. The zero-order valence-electron chi connectivity index (χ0n) is 30.3. The third kappa shape index (κ3) is 4.40. The van der Waals surface area contributed by atoms with Crippen molar-refractivity contribution < 1.29 is 0 Å². The Labute approximate surface area is 329 Å². The van der Waals surface area contributed by atoms with Crippen molar-refractivity contribution in [3.8, 4) is 44.9 Å². The predicted molar refractivity (Wildman–Crippen MR) is 232 cm³/mol. The highest BCUT2D eigenvalue weighted by Crippen LogP contribution is 2.65. The molecule has 1 aliphatic carbocycles. The van der Waals surface area contributed by atoms with Crippen LogP contribution in [0.5, 0.6) is 0 Å². The molecule has 10 aromatic rings. The number of rotatable bonds is 3. The minimum Gasteiger partial charge on any atom is -0.228 e. The fourth-order valence-corrected chi connectivity index (χ4v) is 11.0. The van der Waals surface area contributed by atoms with Gasteiger partial charge in [0.05, 0.1) is 16.6 Å². The minimum absolute atomic E-state index is 0.487. The molecule has 2 heterocycles. The fourth-order valence-electron chi connectivity index (χ4n) is 9.51. The summed E-state index contributed by atoms with van der Waals surface area (Å²) >= 11 is 1.94. The van der Waals surface area contributed by atoms with Crippen molar-refractivity contribution in [2.75, 3.05) is 0 Å². The molecule has 3 heteroatoms. The van der Waals surface area contributed by atoms with Crippen LogP contribution in [0.4, 0.5) is 0 Å². The maximum absolute atomic E-state index is 5.16. The Bertz CT molecular complexity index is 3140. The Balaban J connectivity index is 1.09. The van der Waals surface area contributed by atoms with E-state index in [1.54, 1.807) is 0 Å². The van der Waals surface area contributed by atoms with Crippen LogP contribution in [0.25, 0.3) is 77.3 Å². The maximum atomic E-state index is 5.16. The number of aromatic nitrogens is 2. The number of benzene rings is 9. The number of nitrogens with zero attached hydrogens (tertiary/aromatic N) is 2. The number of hydrogen-bond donors (Lipinski definition) is 0. The molecule has 0 bridgehead atoms. The second kappa shape index (κ2) is 12.1. The fraction of sp³-hybridized carbons (Fsp3) is 0.0189. The van der Waals surface area contributed by atoms with Gasteiger partial charge in [-0.3, -0.25) is 0 Å². The van der Waals surface area contributed by atoms with Crippen LogP contribution < -0.4 is 0 Å². The van der Waals surface area contributed by atoms with E-state index in [0.29, 0.717) is 0 Å². The molecule has 260 valence electrons. The highest BCUT2D eigenvalue weighted by atomic mass is 32.2. The normalized spacial score (nSPS) is 13.4. The van der Waals surface area contributed by atoms with Gasteiger partial charge >= 0.3 is 0 Å². The predicted octanol–water partition coefficient (Wildman–Crippen LogP) is 13.8. The summed E-state index contributed by atoms with van der Waals surface area (Å²) in [5, 5.41) is 6.19. The topological polar surface area (TPSA) is 25.8 Å². The number of hydrogen-bond acceptors (Lipinski definition) is 3. The van der Waals surface area contributed by atoms with E-state index in [0.717, 1.165) is 33.5 Å². The van der Waals surface area contributed by atoms with Crippen molar-refractivity contribution in [3.05, 3.63) is 216 Å².